The summed E-state index contributed by atoms with van der Waals surface area (Å²) in [4.78, 5) is 24.8. The highest BCUT2D eigenvalue weighted by Crippen LogP contribution is 2.37. The molecule has 0 unspecified atom stereocenters. The summed E-state index contributed by atoms with van der Waals surface area (Å²) in [5.74, 6) is -2.43. The summed E-state index contributed by atoms with van der Waals surface area (Å²) in [5, 5.41) is 35.5. The van der Waals surface area contributed by atoms with E-state index in [9.17, 15) is 19.8 Å². The van der Waals surface area contributed by atoms with Crippen molar-refractivity contribution in [2.75, 3.05) is 51.5 Å². The van der Waals surface area contributed by atoms with E-state index in [4.69, 9.17) is 14.6 Å². The molecule has 0 radical (unpaired) electrons. The fourth-order valence-electron chi connectivity index (χ4n) is 2.83. The first-order valence-electron chi connectivity index (χ1n) is 9.86. The van der Waals surface area contributed by atoms with Gasteiger partial charge in [0, 0.05) is 19.3 Å². The maximum absolute atomic E-state index is 11.5. The second kappa shape index (κ2) is 12.2. The number of aliphatic hydroxyl groups is 1. The first-order chi connectivity index (χ1) is 15.3. The summed E-state index contributed by atoms with van der Waals surface area (Å²) in [6, 6.07) is 5.57. The Bertz CT molecular complexity index is 975. The number of aliphatic hydroxyl groups excluding tert-OH is 1. The second-order valence-electron chi connectivity index (χ2n) is 6.89. The lowest BCUT2D eigenvalue weighted by molar-refractivity contribution is 0.0353. The van der Waals surface area contributed by atoms with Crippen LogP contribution in [0, 0.1) is 13.8 Å². The van der Waals surface area contributed by atoms with E-state index in [1.807, 2.05) is 31.0 Å². The standard InChI is InChI=1S/C21H27N3O7S/c1-13-12-15(24(3)6-8-30-10-11-31-9-7-25)4-5-16(13)22-23-19-17(20(26)27)14(2)18(32-19)21(28)29/h4-5,12,25H,6-11H2,1-3H3,(H,26,27)(H,28,29). The third-order valence-electron chi connectivity index (χ3n) is 4.58. The number of carboxylic acid groups (broad SMARTS) is 2. The van der Waals surface area contributed by atoms with Gasteiger partial charge in [-0.2, -0.15) is 0 Å². The first-order valence-corrected chi connectivity index (χ1v) is 10.7. The van der Waals surface area contributed by atoms with Crippen LogP contribution in [0.15, 0.2) is 28.4 Å². The van der Waals surface area contributed by atoms with E-state index in [0.29, 0.717) is 38.7 Å². The van der Waals surface area contributed by atoms with Crippen molar-refractivity contribution in [2.24, 2.45) is 10.2 Å². The van der Waals surface area contributed by atoms with Crippen LogP contribution in [0.3, 0.4) is 0 Å². The molecule has 1 aromatic carbocycles. The largest absolute Gasteiger partial charge is 0.478 e. The summed E-state index contributed by atoms with van der Waals surface area (Å²) in [5.41, 5.74) is 2.36. The Morgan fingerprint density at radius 3 is 2.31 bits per heavy atom. The van der Waals surface area contributed by atoms with Crippen molar-refractivity contribution in [1.82, 2.24) is 0 Å². The fourth-order valence-corrected chi connectivity index (χ4v) is 3.79. The number of ether oxygens (including phenoxy) is 2. The Balaban J connectivity index is 2.03. The summed E-state index contributed by atoms with van der Waals surface area (Å²) in [6.07, 6.45) is 0. The number of aromatic carboxylic acids is 2. The number of hydrogen-bond donors (Lipinski definition) is 3. The van der Waals surface area contributed by atoms with Crippen molar-refractivity contribution in [2.45, 2.75) is 13.8 Å². The number of benzene rings is 1. The summed E-state index contributed by atoms with van der Waals surface area (Å²) < 4.78 is 10.6. The molecule has 174 valence electrons. The molecule has 0 atom stereocenters. The number of rotatable bonds is 13. The van der Waals surface area contributed by atoms with Crippen molar-refractivity contribution in [1.29, 1.82) is 0 Å². The van der Waals surface area contributed by atoms with Gasteiger partial charge in [-0.3, -0.25) is 0 Å². The SMILES string of the molecule is Cc1cc(N(C)CCOCCOCCO)ccc1N=Nc1sc(C(=O)O)c(C)c1C(=O)O. The Morgan fingerprint density at radius 1 is 1.03 bits per heavy atom. The minimum atomic E-state index is -1.24. The molecule has 0 aliphatic carbocycles. The number of hydrogen-bond acceptors (Lipinski definition) is 9. The van der Waals surface area contributed by atoms with E-state index >= 15 is 0 Å². The third kappa shape index (κ3) is 6.82. The van der Waals surface area contributed by atoms with Crippen LogP contribution in [0.1, 0.15) is 31.2 Å². The molecular weight excluding hydrogens is 438 g/mol. The lowest BCUT2D eigenvalue weighted by Crippen LogP contribution is -2.23. The number of anilines is 1. The molecule has 2 rings (SSSR count). The third-order valence-corrected chi connectivity index (χ3v) is 5.75. The molecule has 0 aliphatic rings. The summed E-state index contributed by atoms with van der Waals surface area (Å²) in [7, 11) is 1.93. The molecular formula is C21H27N3O7S. The zero-order valence-corrected chi connectivity index (χ0v) is 19.0. The molecule has 10 nitrogen and oxygen atoms in total. The molecule has 0 bridgehead atoms. The molecule has 32 heavy (non-hydrogen) atoms. The lowest BCUT2D eigenvalue weighted by atomic mass is 10.1. The Morgan fingerprint density at radius 2 is 1.72 bits per heavy atom. The lowest BCUT2D eigenvalue weighted by Gasteiger charge is -2.20. The topological polar surface area (TPSA) is 141 Å². The maximum atomic E-state index is 11.5. The molecule has 0 saturated carbocycles. The van der Waals surface area contributed by atoms with E-state index < -0.39 is 11.9 Å². The van der Waals surface area contributed by atoms with Crippen molar-refractivity contribution in [3.05, 3.63) is 39.8 Å². The molecule has 0 amide bonds. The second-order valence-corrected chi connectivity index (χ2v) is 7.89. The van der Waals surface area contributed by atoms with Crippen LogP contribution in [0.4, 0.5) is 16.4 Å². The highest BCUT2D eigenvalue weighted by Gasteiger charge is 2.24. The Kier molecular flexibility index (Phi) is 9.72. The maximum Gasteiger partial charge on any atom is 0.346 e. The molecule has 3 N–H and O–H groups in total. The number of thiophene rings is 1. The van der Waals surface area contributed by atoms with E-state index in [1.54, 1.807) is 6.07 Å². The van der Waals surface area contributed by atoms with Gasteiger partial charge >= 0.3 is 11.9 Å². The number of carboxylic acids is 2. The Labute approximate surface area is 189 Å². The Hall–Kier alpha value is -2.86. The molecule has 0 saturated heterocycles. The van der Waals surface area contributed by atoms with Crippen molar-refractivity contribution in [3.8, 4) is 0 Å². The number of nitrogens with zero attached hydrogens (tertiary/aromatic N) is 3. The number of aryl methyl sites for hydroxylation is 1. The van der Waals surface area contributed by atoms with Crippen LogP contribution in [-0.2, 0) is 9.47 Å². The van der Waals surface area contributed by atoms with E-state index in [2.05, 4.69) is 10.2 Å². The van der Waals surface area contributed by atoms with Crippen LogP contribution in [0.2, 0.25) is 0 Å². The van der Waals surface area contributed by atoms with Gasteiger partial charge in [0.25, 0.3) is 0 Å². The normalized spacial score (nSPS) is 11.2. The highest BCUT2D eigenvalue weighted by molar-refractivity contribution is 7.18. The summed E-state index contributed by atoms with van der Waals surface area (Å²) >= 11 is 0.789. The highest BCUT2D eigenvalue weighted by atomic mass is 32.1. The van der Waals surface area contributed by atoms with Gasteiger partial charge in [0.15, 0.2) is 5.00 Å². The van der Waals surface area contributed by atoms with Gasteiger partial charge in [0.2, 0.25) is 0 Å². The van der Waals surface area contributed by atoms with Crippen molar-refractivity contribution >= 4 is 39.7 Å². The quantitative estimate of drug-likeness (QED) is 0.301. The molecule has 11 heteroatoms. The summed E-state index contributed by atoms with van der Waals surface area (Å²) in [6.45, 7) is 5.67. The molecule has 0 fully saturated rings. The monoisotopic (exact) mass is 465 g/mol. The van der Waals surface area contributed by atoms with Gasteiger partial charge in [0.05, 0.1) is 38.7 Å². The predicted molar refractivity (Wildman–Crippen MR) is 120 cm³/mol. The van der Waals surface area contributed by atoms with Crippen LogP contribution in [0.5, 0.6) is 0 Å². The predicted octanol–water partition coefficient (Wildman–Crippen LogP) is 3.64. The number of likely N-dealkylation sites (N-methyl/N-ethyl adjacent to an activating group) is 1. The number of azo groups is 1. The first kappa shape index (κ1) is 25.4. The van der Waals surface area contributed by atoms with Gasteiger partial charge in [-0.05, 0) is 43.2 Å². The van der Waals surface area contributed by atoms with Crippen LogP contribution >= 0.6 is 11.3 Å². The van der Waals surface area contributed by atoms with E-state index in [-0.39, 0.29) is 27.6 Å². The average molecular weight is 466 g/mol. The number of carbonyl (C=O) groups is 2. The van der Waals surface area contributed by atoms with Crippen LogP contribution in [-0.4, -0.2) is 73.9 Å². The van der Waals surface area contributed by atoms with Crippen molar-refractivity contribution < 1.29 is 34.4 Å². The van der Waals surface area contributed by atoms with Crippen molar-refractivity contribution in [3.63, 3.8) is 0 Å². The zero-order chi connectivity index (χ0) is 23.7. The smallest absolute Gasteiger partial charge is 0.346 e. The van der Waals surface area contributed by atoms with Gasteiger partial charge in [-0.25, -0.2) is 9.59 Å². The van der Waals surface area contributed by atoms with Crippen LogP contribution in [0.25, 0.3) is 0 Å². The van der Waals surface area contributed by atoms with Gasteiger partial charge in [-0.1, -0.05) is 0 Å². The minimum absolute atomic E-state index is 0.00525. The molecule has 1 aromatic heterocycles. The minimum Gasteiger partial charge on any atom is -0.478 e. The molecule has 2 aromatic rings. The molecule has 0 spiro atoms. The van der Waals surface area contributed by atoms with E-state index in [0.717, 1.165) is 22.6 Å². The van der Waals surface area contributed by atoms with Gasteiger partial charge < -0.3 is 29.7 Å². The zero-order valence-electron chi connectivity index (χ0n) is 18.2. The van der Waals surface area contributed by atoms with Crippen LogP contribution < -0.4 is 4.90 Å². The van der Waals surface area contributed by atoms with Gasteiger partial charge in [-0.15, -0.1) is 21.6 Å². The van der Waals surface area contributed by atoms with E-state index in [1.165, 1.54) is 6.92 Å². The average Bonchev–Trinajstić information content (AvgIpc) is 3.08. The molecule has 0 aliphatic heterocycles. The van der Waals surface area contributed by atoms with Gasteiger partial charge in [0.1, 0.15) is 10.4 Å². The fraction of sp³-hybridized carbons (Fsp3) is 0.429. The molecule has 1 heterocycles.